The number of hydrogen-bond acceptors (Lipinski definition) is 3. The predicted octanol–water partition coefficient (Wildman–Crippen LogP) is 2.90. The highest BCUT2D eigenvalue weighted by Crippen LogP contribution is 2.17. The molecule has 0 amide bonds. The Morgan fingerprint density at radius 2 is 2.06 bits per heavy atom. The van der Waals surface area contributed by atoms with E-state index in [1.54, 1.807) is 7.11 Å². The molecule has 0 radical (unpaired) electrons. The first-order chi connectivity index (χ1) is 8.74. The molecule has 0 heterocycles. The number of hydrogen-bond donors (Lipinski definition) is 1. The fraction of sp³-hybridized carbons (Fsp3) is 0.571. The van der Waals surface area contributed by atoms with Crippen LogP contribution in [0, 0.1) is 6.92 Å². The second-order valence-corrected chi connectivity index (χ2v) is 5.07. The minimum Gasteiger partial charge on any atom is -0.382 e. The van der Waals surface area contributed by atoms with Crippen molar-refractivity contribution in [1.82, 2.24) is 5.32 Å². The molecule has 0 aliphatic heterocycles. The SMILES string of the molecule is COCCOCCCNCc1ccc(C)c(Br)c1. The van der Waals surface area contributed by atoms with Crippen LogP contribution < -0.4 is 5.32 Å². The predicted molar refractivity (Wildman–Crippen MR) is 77.9 cm³/mol. The second-order valence-electron chi connectivity index (χ2n) is 4.22. The topological polar surface area (TPSA) is 30.5 Å². The first kappa shape index (κ1) is 15.6. The van der Waals surface area contributed by atoms with Crippen LogP contribution in [-0.2, 0) is 16.0 Å². The van der Waals surface area contributed by atoms with E-state index in [-0.39, 0.29) is 0 Å². The Kier molecular flexibility index (Phi) is 8.25. The van der Waals surface area contributed by atoms with E-state index in [0.29, 0.717) is 13.2 Å². The number of nitrogens with one attached hydrogen (secondary N) is 1. The highest BCUT2D eigenvalue weighted by Gasteiger charge is 1.97. The molecular weight excluding hydrogens is 294 g/mol. The third-order valence-corrected chi connectivity index (χ3v) is 3.49. The first-order valence-electron chi connectivity index (χ1n) is 6.26. The second kappa shape index (κ2) is 9.50. The summed E-state index contributed by atoms with van der Waals surface area (Å²) in [6.45, 7) is 6.11. The number of benzene rings is 1. The van der Waals surface area contributed by atoms with Gasteiger partial charge in [0.25, 0.3) is 0 Å². The van der Waals surface area contributed by atoms with Gasteiger partial charge in [0.2, 0.25) is 0 Å². The summed E-state index contributed by atoms with van der Waals surface area (Å²) in [6, 6.07) is 6.45. The van der Waals surface area contributed by atoms with Crippen molar-refractivity contribution in [1.29, 1.82) is 0 Å². The molecule has 0 bridgehead atoms. The summed E-state index contributed by atoms with van der Waals surface area (Å²) in [5.41, 5.74) is 2.57. The van der Waals surface area contributed by atoms with E-state index in [4.69, 9.17) is 9.47 Å². The molecule has 102 valence electrons. The van der Waals surface area contributed by atoms with Crippen molar-refractivity contribution in [3.8, 4) is 0 Å². The number of rotatable bonds is 9. The van der Waals surface area contributed by atoms with Crippen LogP contribution in [-0.4, -0.2) is 33.5 Å². The third-order valence-electron chi connectivity index (χ3n) is 2.64. The summed E-state index contributed by atoms with van der Waals surface area (Å²) in [5.74, 6) is 0. The Morgan fingerprint density at radius 3 is 2.78 bits per heavy atom. The van der Waals surface area contributed by atoms with E-state index in [1.807, 2.05) is 0 Å². The largest absolute Gasteiger partial charge is 0.382 e. The summed E-state index contributed by atoms with van der Waals surface area (Å²) in [4.78, 5) is 0. The fourth-order valence-electron chi connectivity index (χ4n) is 1.52. The molecule has 0 spiro atoms. The molecule has 0 saturated heterocycles. The van der Waals surface area contributed by atoms with Crippen molar-refractivity contribution in [3.05, 3.63) is 33.8 Å². The third kappa shape index (κ3) is 6.50. The van der Waals surface area contributed by atoms with Gasteiger partial charge < -0.3 is 14.8 Å². The van der Waals surface area contributed by atoms with E-state index >= 15 is 0 Å². The van der Waals surface area contributed by atoms with Crippen LogP contribution in [0.3, 0.4) is 0 Å². The quantitative estimate of drug-likeness (QED) is 0.711. The van der Waals surface area contributed by atoms with Gasteiger partial charge in [-0.3, -0.25) is 0 Å². The molecule has 18 heavy (non-hydrogen) atoms. The van der Waals surface area contributed by atoms with Gasteiger partial charge in [-0.05, 0) is 37.1 Å². The van der Waals surface area contributed by atoms with E-state index in [9.17, 15) is 0 Å². The van der Waals surface area contributed by atoms with Gasteiger partial charge in [0.1, 0.15) is 0 Å². The molecule has 0 atom stereocenters. The Labute approximate surface area is 118 Å². The molecule has 0 aliphatic carbocycles. The molecule has 1 rings (SSSR count). The van der Waals surface area contributed by atoms with Crippen molar-refractivity contribution in [2.75, 3.05) is 33.5 Å². The van der Waals surface area contributed by atoms with Gasteiger partial charge in [-0.2, -0.15) is 0 Å². The Morgan fingerprint density at radius 1 is 1.22 bits per heavy atom. The number of methoxy groups -OCH3 is 1. The summed E-state index contributed by atoms with van der Waals surface area (Å²) >= 11 is 3.54. The van der Waals surface area contributed by atoms with Crippen LogP contribution in [0.5, 0.6) is 0 Å². The molecule has 4 heteroatoms. The monoisotopic (exact) mass is 315 g/mol. The maximum atomic E-state index is 5.39. The van der Waals surface area contributed by atoms with Crippen LogP contribution in [0.4, 0.5) is 0 Å². The molecule has 3 nitrogen and oxygen atoms in total. The van der Waals surface area contributed by atoms with Crippen molar-refractivity contribution in [3.63, 3.8) is 0 Å². The van der Waals surface area contributed by atoms with Gasteiger partial charge in [-0.15, -0.1) is 0 Å². The van der Waals surface area contributed by atoms with Gasteiger partial charge >= 0.3 is 0 Å². The zero-order chi connectivity index (χ0) is 13.2. The lowest BCUT2D eigenvalue weighted by Crippen LogP contribution is -2.17. The van der Waals surface area contributed by atoms with Gasteiger partial charge in [0.05, 0.1) is 13.2 Å². The summed E-state index contributed by atoms with van der Waals surface area (Å²) in [7, 11) is 1.69. The van der Waals surface area contributed by atoms with Crippen molar-refractivity contribution in [2.24, 2.45) is 0 Å². The molecule has 0 aliphatic rings. The zero-order valence-corrected chi connectivity index (χ0v) is 12.8. The average molecular weight is 316 g/mol. The molecule has 0 unspecified atom stereocenters. The van der Waals surface area contributed by atoms with Crippen molar-refractivity contribution >= 4 is 15.9 Å². The average Bonchev–Trinajstić information content (AvgIpc) is 2.37. The lowest BCUT2D eigenvalue weighted by atomic mass is 10.1. The maximum Gasteiger partial charge on any atom is 0.0700 e. The van der Waals surface area contributed by atoms with Crippen LogP contribution in [0.25, 0.3) is 0 Å². The fourth-order valence-corrected chi connectivity index (χ4v) is 1.95. The summed E-state index contributed by atoms with van der Waals surface area (Å²) < 4.78 is 11.5. The number of aryl methyl sites for hydroxylation is 1. The van der Waals surface area contributed by atoms with E-state index in [0.717, 1.165) is 26.1 Å². The van der Waals surface area contributed by atoms with E-state index in [2.05, 4.69) is 46.4 Å². The standard InChI is InChI=1S/C14H22BrNO2/c1-12-4-5-13(10-14(12)15)11-16-6-3-7-18-9-8-17-2/h4-5,10,16H,3,6-9,11H2,1-2H3. The Hall–Kier alpha value is -0.420. The number of halogens is 1. The molecule has 0 saturated carbocycles. The minimum atomic E-state index is 0.671. The normalized spacial score (nSPS) is 10.8. The molecule has 1 aromatic carbocycles. The Bertz CT molecular complexity index is 345. The number of ether oxygens (including phenoxy) is 2. The van der Waals surface area contributed by atoms with Crippen LogP contribution in [0.1, 0.15) is 17.5 Å². The Balaban J connectivity index is 2.05. The van der Waals surface area contributed by atoms with E-state index < -0.39 is 0 Å². The van der Waals surface area contributed by atoms with Gasteiger partial charge in [-0.1, -0.05) is 28.1 Å². The highest BCUT2D eigenvalue weighted by molar-refractivity contribution is 9.10. The van der Waals surface area contributed by atoms with Crippen LogP contribution in [0.2, 0.25) is 0 Å². The molecule has 0 aromatic heterocycles. The summed E-state index contributed by atoms with van der Waals surface area (Å²) in [6.07, 6.45) is 1.02. The molecular formula is C14H22BrNO2. The highest BCUT2D eigenvalue weighted by atomic mass is 79.9. The lowest BCUT2D eigenvalue weighted by molar-refractivity contribution is 0.0695. The lowest BCUT2D eigenvalue weighted by Gasteiger charge is -2.07. The van der Waals surface area contributed by atoms with Crippen molar-refractivity contribution < 1.29 is 9.47 Å². The maximum absolute atomic E-state index is 5.39. The van der Waals surface area contributed by atoms with E-state index in [1.165, 1.54) is 15.6 Å². The molecule has 1 aromatic rings. The van der Waals surface area contributed by atoms with Gasteiger partial charge in [-0.25, -0.2) is 0 Å². The smallest absolute Gasteiger partial charge is 0.0700 e. The first-order valence-corrected chi connectivity index (χ1v) is 7.05. The molecule has 1 N–H and O–H groups in total. The van der Waals surface area contributed by atoms with Crippen LogP contribution in [0.15, 0.2) is 22.7 Å². The summed E-state index contributed by atoms with van der Waals surface area (Å²) in [5, 5.41) is 3.41. The van der Waals surface area contributed by atoms with Gasteiger partial charge in [0.15, 0.2) is 0 Å². The van der Waals surface area contributed by atoms with Crippen LogP contribution >= 0.6 is 15.9 Å². The van der Waals surface area contributed by atoms with Crippen molar-refractivity contribution in [2.45, 2.75) is 19.9 Å². The zero-order valence-electron chi connectivity index (χ0n) is 11.2. The minimum absolute atomic E-state index is 0.671. The molecule has 0 fully saturated rings. The van der Waals surface area contributed by atoms with Gasteiger partial charge in [0, 0.05) is 24.7 Å².